The second kappa shape index (κ2) is 7.08. The molecule has 0 spiro atoms. The van der Waals surface area contributed by atoms with E-state index in [9.17, 15) is 9.59 Å². The molecule has 1 aliphatic carbocycles. The highest BCUT2D eigenvalue weighted by molar-refractivity contribution is 5.86. The van der Waals surface area contributed by atoms with Crippen molar-refractivity contribution in [2.24, 2.45) is 5.92 Å². The van der Waals surface area contributed by atoms with Gasteiger partial charge in [0.25, 0.3) is 0 Å². The number of carbonyl (C=O) groups is 2. The fourth-order valence-electron chi connectivity index (χ4n) is 2.62. The van der Waals surface area contributed by atoms with Crippen molar-refractivity contribution in [2.75, 3.05) is 6.54 Å². The van der Waals surface area contributed by atoms with Crippen LogP contribution in [0.15, 0.2) is 30.3 Å². The first-order chi connectivity index (χ1) is 9.66. The normalized spacial score (nSPS) is 16.6. The van der Waals surface area contributed by atoms with Crippen LogP contribution in [0.2, 0.25) is 0 Å². The second-order valence-corrected chi connectivity index (χ2v) is 5.40. The summed E-state index contributed by atoms with van der Waals surface area (Å²) in [6.07, 6.45) is 4.15. The molecule has 0 radical (unpaired) electrons. The van der Waals surface area contributed by atoms with Crippen molar-refractivity contribution in [1.29, 1.82) is 0 Å². The van der Waals surface area contributed by atoms with E-state index >= 15 is 0 Å². The molecule has 108 valence electrons. The van der Waals surface area contributed by atoms with E-state index < -0.39 is 0 Å². The summed E-state index contributed by atoms with van der Waals surface area (Å²) in [6.45, 7) is 2.00. The average Bonchev–Trinajstić information content (AvgIpc) is 3.00. The first kappa shape index (κ1) is 14.6. The second-order valence-electron chi connectivity index (χ2n) is 5.40. The molecule has 0 bridgehead atoms. The summed E-state index contributed by atoms with van der Waals surface area (Å²) in [5, 5.41) is 5.62. The molecule has 0 aliphatic heterocycles. The number of carbonyl (C=O) groups excluding carboxylic acids is 2. The van der Waals surface area contributed by atoms with E-state index in [2.05, 4.69) is 10.6 Å². The van der Waals surface area contributed by atoms with Crippen LogP contribution >= 0.6 is 0 Å². The molecule has 0 unspecified atom stereocenters. The van der Waals surface area contributed by atoms with Gasteiger partial charge in [-0.2, -0.15) is 0 Å². The van der Waals surface area contributed by atoms with Crippen molar-refractivity contribution in [3.8, 4) is 0 Å². The topological polar surface area (TPSA) is 58.2 Å². The molecule has 0 saturated heterocycles. The number of amides is 2. The number of hydrogen-bond acceptors (Lipinski definition) is 2. The van der Waals surface area contributed by atoms with Gasteiger partial charge in [-0.1, -0.05) is 43.2 Å². The zero-order valence-corrected chi connectivity index (χ0v) is 11.9. The zero-order valence-electron chi connectivity index (χ0n) is 11.9. The number of rotatable bonds is 5. The summed E-state index contributed by atoms with van der Waals surface area (Å²) < 4.78 is 0. The van der Waals surface area contributed by atoms with Gasteiger partial charge in [0, 0.05) is 5.92 Å². The molecule has 20 heavy (non-hydrogen) atoms. The van der Waals surface area contributed by atoms with Gasteiger partial charge in [-0.25, -0.2) is 0 Å². The third-order valence-electron chi connectivity index (χ3n) is 3.83. The maximum atomic E-state index is 11.8. The Bertz CT molecular complexity index is 453. The lowest BCUT2D eigenvalue weighted by Crippen LogP contribution is -2.39. The van der Waals surface area contributed by atoms with Gasteiger partial charge < -0.3 is 10.6 Å². The third-order valence-corrected chi connectivity index (χ3v) is 3.83. The maximum absolute atomic E-state index is 11.8. The first-order valence-corrected chi connectivity index (χ1v) is 7.29. The minimum absolute atomic E-state index is 0.0185. The molecule has 2 amide bonds. The SMILES string of the molecule is C[C@@H](NC(=O)CNC(=O)C1CCCC1)c1ccccc1. The van der Waals surface area contributed by atoms with Crippen molar-refractivity contribution < 1.29 is 9.59 Å². The molecule has 0 heterocycles. The maximum Gasteiger partial charge on any atom is 0.239 e. The predicted octanol–water partition coefficient (Wildman–Crippen LogP) is 2.17. The van der Waals surface area contributed by atoms with Gasteiger partial charge >= 0.3 is 0 Å². The molecule has 0 aromatic heterocycles. The standard InChI is InChI=1S/C16H22N2O2/c1-12(13-7-3-2-4-8-13)18-15(19)11-17-16(20)14-9-5-6-10-14/h2-4,7-8,12,14H,5-6,9-11H2,1H3,(H,17,20)(H,18,19)/t12-/m1/s1. The lowest BCUT2D eigenvalue weighted by molar-refractivity contribution is -0.128. The Hall–Kier alpha value is -1.84. The lowest BCUT2D eigenvalue weighted by atomic mass is 10.1. The molecule has 1 aliphatic rings. The van der Waals surface area contributed by atoms with E-state index in [0.29, 0.717) is 0 Å². The van der Waals surface area contributed by atoms with Gasteiger partial charge in [0.15, 0.2) is 0 Å². The van der Waals surface area contributed by atoms with E-state index in [4.69, 9.17) is 0 Å². The monoisotopic (exact) mass is 274 g/mol. The highest BCUT2D eigenvalue weighted by atomic mass is 16.2. The summed E-state index contributed by atoms with van der Waals surface area (Å²) in [7, 11) is 0. The van der Waals surface area contributed by atoms with Crippen molar-refractivity contribution in [2.45, 2.75) is 38.6 Å². The first-order valence-electron chi connectivity index (χ1n) is 7.29. The van der Waals surface area contributed by atoms with E-state index in [-0.39, 0.29) is 30.3 Å². The van der Waals surface area contributed by atoms with Crippen LogP contribution in [0.5, 0.6) is 0 Å². The van der Waals surface area contributed by atoms with Gasteiger partial charge in [-0.3, -0.25) is 9.59 Å². The number of benzene rings is 1. The van der Waals surface area contributed by atoms with Gasteiger partial charge in [-0.05, 0) is 25.3 Å². The van der Waals surface area contributed by atoms with Gasteiger partial charge in [0.05, 0.1) is 12.6 Å². The van der Waals surface area contributed by atoms with Crippen molar-refractivity contribution in [3.63, 3.8) is 0 Å². The molecule has 1 aromatic rings. The van der Waals surface area contributed by atoms with Crippen LogP contribution < -0.4 is 10.6 Å². The van der Waals surface area contributed by atoms with Crippen molar-refractivity contribution >= 4 is 11.8 Å². The summed E-state index contributed by atoms with van der Waals surface area (Å²) in [4.78, 5) is 23.6. The molecular formula is C16H22N2O2. The zero-order chi connectivity index (χ0) is 14.4. The Kier molecular flexibility index (Phi) is 5.16. The molecule has 2 rings (SSSR count). The quantitative estimate of drug-likeness (QED) is 0.864. The van der Waals surface area contributed by atoms with Crippen LogP contribution in [0, 0.1) is 5.92 Å². The van der Waals surface area contributed by atoms with Gasteiger partial charge in [-0.15, -0.1) is 0 Å². The molecule has 4 nitrogen and oxygen atoms in total. The molecular weight excluding hydrogens is 252 g/mol. The van der Waals surface area contributed by atoms with E-state index in [1.54, 1.807) is 0 Å². The molecule has 1 aromatic carbocycles. The Morgan fingerprint density at radius 3 is 2.50 bits per heavy atom. The Labute approximate surface area is 119 Å². The summed E-state index contributed by atoms with van der Waals surface area (Å²) in [5.41, 5.74) is 1.06. The highest BCUT2D eigenvalue weighted by Crippen LogP contribution is 2.24. The van der Waals surface area contributed by atoms with E-state index in [0.717, 1.165) is 31.2 Å². The molecule has 1 atom stereocenters. The smallest absolute Gasteiger partial charge is 0.239 e. The molecule has 4 heteroatoms. The minimum Gasteiger partial charge on any atom is -0.348 e. The number of hydrogen-bond donors (Lipinski definition) is 2. The molecule has 2 N–H and O–H groups in total. The number of nitrogens with one attached hydrogen (secondary N) is 2. The Balaban J connectivity index is 1.73. The predicted molar refractivity (Wildman–Crippen MR) is 78.0 cm³/mol. The van der Waals surface area contributed by atoms with Crippen LogP contribution in [0.4, 0.5) is 0 Å². The fraction of sp³-hybridized carbons (Fsp3) is 0.500. The van der Waals surface area contributed by atoms with E-state index in [1.807, 2.05) is 37.3 Å². The van der Waals surface area contributed by atoms with Crippen LogP contribution in [0.25, 0.3) is 0 Å². The average molecular weight is 274 g/mol. The van der Waals surface area contributed by atoms with Crippen LogP contribution in [0.1, 0.15) is 44.2 Å². The van der Waals surface area contributed by atoms with Gasteiger partial charge in [0.2, 0.25) is 11.8 Å². The van der Waals surface area contributed by atoms with Gasteiger partial charge in [0.1, 0.15) is 0 Å². The Morgan fingerprint density at radius 1 is 1.20 bits per heavy atom. The van der Waals surface area contributed by atoms with Crippen LogP contribution in [-0.2, 0) is 9.59 Å². The minimum atomic E-state index is -0.146. The van der Waals surface area contributed by atoms with Crippen molar-refractivity contribution in [3.05, 3.63) is 35.9 Å². The van der Waals surface area contributed by atoms with Crippen LogP contribution in [-0.4, -0.2) is 18.4 Å². The molecule has 1 saturated carbocycles. The molecule has 1 fully saturated rings. The highest BCUT2D eigenvalue weighted by Gasteiger charge is 2.22. The van der Waals surface area contributed by atoms with E-state index in [1.165, 1.54) is 0 Å². The summed E-state index contributed by atoms with van der Waals surface area (Å²) >= 11 is 0. The largest absolute Gasteiger partial charge is 0.348 e. The van der Waals surface area contributed by atoms with Crippen LogP contribution in [0.3, 0.4) is 0 Å². The van der Waals surface area contributed by atoms with Crippen molar-refractivity contribution in [1.82, 2.24) is 10.6 Å². The lowest BCUT2D eigenvalue weighted by Gasteiger charge is -2.15. The summed E-state index contributed by atoms with van der Waals surface area (Å²) in [6, 6.07) is 9.73. The fourth-order valence-corrected chi connectivity index (χ4v) is 2.62. The summed E-state index contributed by atoms with van der Waals surface area (Å²) in [5.74, 6) is -0.0212. The Morgan fingerprint density at radius 2 is 1.85 bits per heavy atom. The third kappa shape index (κ3) is 4.08.